The van der Waals surface area contributed by atoms with Crippen LogP contribution < -0.4 is 0 Å². The van der Waals surface area contributed by atoms with E-state index in [0.717, 1.165) is 26.8 Å². The van der Waals surface area contributed by atoms with Crippen molar-refractivity contribution in [3.05, 3.63) is 12.0 Å². The molecule has 0 fully saturated rings. The van der Waals surface area contributed by atoms with Gasteiger partial charge in [0.15, 0.2) is 0 Å². The summed E-state index contributed by atoms with van der Waals surface area (Å²) in [6, 6.07) is 0. The van der Waals surface area contributed by atoms with E-state index >= 15 is 0 Å². The van der Waals surface area contributed by atoms with Crippen molar-refractivity contribution in [1.29, 1.82) is 0 Å². The highest BCUT2D eigenvalue weighted by Crippen LogP contribution is 2.23. The molecule has 3 nitrogen and oxygen atoms in total. The molecule has 0 radical (unpaired) electrons. The van der Waals surface area contributed by atoms with E-state index in [2.05, 4.69) is 34.5 Å². The maximum atomic E-state index is 4.24. The Kier molecular flexibility index (Phi) is 1.98. The number of hydrogen-bond acceptors (Lipinski definition) is 5. The predicted molar refractivity (Wildman–Crippen MR) is 51.8 cm³/mol. The van der Waals surface area contributed by atoms with Crippen molar-refractivity contribution >= 4 is 34.3 Å². The number of rotatable bonds is 1. The summed E-state index contributed by atoms with van der Waals surface area (Å²) in [4.78, 5) is 13.4. The minimum Gasteiger partial charge on any atom is -0.239 e. The number of hydrogen-bond donors (Lipinski definition) is 1. The first-order valence-electron chi connectivity index (χ1n) is 3.60. The van der Waals surface area contributed by atoms with Crippen LogP contribution in [0.5, 0.6) is 0 Å². The normalized spacial score (nSPS) is 10.8. The predicted octanol–water partition coefficient (Wildman–Crippen LogP) is 1.94. The second-order valence-corrected chi connectivity index (χ2v) is 4.03. The Bertz CT molecular complexity index is 410. The van der Waals surface area contributed by atoms with E-state index in [1.807, 2.05) is 0 Å². The first kappa shape index (κ1) is 7.94. The third-order valence-electron chi connectivity index (χ3n) is 1.59. The molecule has 0 spiro atoms. The molecule has 12 heavy (non-hydrogen) atoms. The van der Waals surface area contributed by atoms with Gasteiger partial charge in [0.2, 0.25) is 0 Å². The van der Waals surface area contributed by atoms with Crippen LogP contribution in [0.1, 0.15) is 12.6 Å². The van der Waals surface area contributed by atoms with E-state index in [1.54, 1.807) is 6.33 Å². The van der Waals surface area contributed by atoms with Crippen molar-refractivity contribution in [3.8, 4) is 0 Å². The minimum absolute atomic E-state index is 0.750. The topological polar surface area (TPSA) is 38.7 Å². The molecule has 0 atom stereocenters. The first-order valence-corrected chi connectivity index (χ1v) is 4.87. The molecule has 2 aromatic heterocycles. The maximum absolute atomic E-state index is 4.24. The Hall–Kier alpha value is -0.680. The smallest absolute Gasteiger partial charge is 0.149 e. The van der Waals surface area contributed by atoms with Crippen LogP contribution in [0.4, 0.5) is 0 Å². The number of nitrogens with zero attached hydrogens (tertiary/aromatic N) is 3. The lowest BCUT2D eigenvalue weighted by Gasteiger charge is -1.93. The van der Waals surface area contributed by atoms with E-state index in [0.29, 0.717) is 0 Å². The standard InChI is InChI=1S/C7H7N3S2/c1-2-4-5-6(9-3-8-4)12-7(11)10-5/h3H,2H2,1H3,(H,10,11). The van der Waals surface area contributed by atoms with Crippen molar-refractivity contribution in [1.82, 2.24) is 15.0 Å². The number of thiol groups is 1. The van der Waals surface area contributed by atoms with Crippen molar-refractivity contribution in [2.75, 3.05) is 0 Å². The highest BCUT2D eigenvalue weighted by molar-refractivity contribution is 7.82. The Morgan fingerprint density at radius 3 is 3.08 bits per heavy atom. The summed E-state index contributed by atoms with van der Waals surface area (Å²) in [6.45, 7) is 2.05. The monoisotopic (exact) mass is 197 g/mol. The van der Waals surface area contributed by atoms with E-state index in [9.17, 15) is 0 Å². The van der Waals surface area contributed by atoms with Gasteiger partial charge >= 0.3 is 0 Å². The molecule has 2 aromatic rings. The Labute approximate surface area is 79.3 Å². The van der Waals surface area contributed by atoms with Gasteiger partial charge in [-0.2, -0.15) is 0 Å². The van der Waals surface area contributed by atoms with E-state index in [4.69, 9.17) is 0 Å². The fourth-order valence-corrected chi connectivity index (χ4v) is 2.08. The molecule has 0 saturated carbocycles. The Morgan fingerprint density at radius 1 is 1.50 bits per heavy atom. The summed E-state index contributed by atoms with van der Waals surface area (Å²) in [6.07, 6.45) is 2.46. The molecule has 0 aromatic carbocycles. The number of fused-ring (bicyclic) bond motifs is 1. The molecule has 62 valence electrons. The maximum Gasteiger partial charge on any atom is 0.149 e. The van der Waals surface area contributed by atoms with Crippen LogP contribution in [0.15, 0.2) is 10.7 Å². The molecule has 0 amide bonds. The van der Waals surface area contributed by atoms with E-state index in [1.165, 1.54) is 11.3 Å². The highest BCUT2D eigenvalue weighted by atomic mass is 32.2. The average Bonchev–Trinajstić information content (AvgIpc) is 2.44. The van der Waals surface area contributed by atoms with E-state index < -0.39 is 0 Å². The molecule has 0 bridgehead atoms. The molecule has 0 saturated heterocycles. The van der Waals surface area contributed by atoms with Crippen LogP contribution in [0, 0.1) is 0 Å². The van der Waals surface area contributed by atoms with E-state index in [-0.39, 0.29) is 0 Å². The van der Waals surface area contributed by atoms with Crippen LogP contribution in [0.25, 0.3) is 10.3 Å². The van der Waals surface area contributed by atoms with Gasteiger partial charge < -0.3 is 0 Å². The van der Waals surface area contributed by atoms with Crippen molar-refractivity contribution in [2.45, 2.75) is 17.7 Å². The molecular formula is C7H7N3S2. The van der Waals surface area contributed by atoms with Gasteiger partial charge in [0.1, 0.15) is 21.0 Å². The van der Waals surface area contributed by atoms with Gasteiger partial charge in [0, 0.05) is 0 Å². The van der Waals surface area contributed by atoms with Gasteiger partial charge in [0.05, 0.1) is 5.69 Å². The second kappa shape index (κ2) is 2.99. The fourth-order valence-electron chi connectivity index (χ4n) is 1.05. The third kappa shape index (κ3) is 1.19. The lowest BCUT2D eigenvalue weighted by molar-refractivity contribution is 1.02. The second-order valence-electron chi connectivity index (χ2n) is 2.32. The summed E-state index contributed by atoms with van der Waals surface area (Å²) in [7, 11) is 0. The first-order chi connectivity index (χ1) is 5.81. The summed E-state index contributed by atoms with van der Waals surface area (Å²) in [5.74, 6) is 0. The number of thiazole rings is 1. The third-order valence-corrected chi connectivity index (χ3v) is 2.73. The molecule has 0 unspecified atom stereocenters. The van der Waals surface area contributed by atoms with Gasteiger partial charge in [-0.1, -0.05) is 18.3 Å². The van der Waals surface area contributed by atoms with Crippen LogP contribution in [0.2, 0.25) is 0 Å². The summed E-state index contributed by atoms with van der Waals surface area (Å²) < 4.78 is 0.750. The lowest BCUT2D eigenvalue weighted by Crippen LogP contribution is -1.89. The van der Waals surface area contributed by atoms with Crippen LogP contribution >= 0.6 is 24.0 Å². The Morgan fingerprint density at radius 2 is 2.33 bits per heavy atom. The van der Waals surface area contributed by atoms with Crippen molar-refractivity contribution in [3.63, 3.8) is 0 Å². The average molecular weight is 197 g/mol. The zero-order chi connectivity index (χ0) is 8.55. The van der Waals surface area contributed by atoms with Gasteiger partial charge in [-0.15, -0.1) is 12.6 Å². The summed E-state index contributed by atoms with van der Waals surface area (Å²) in [5.41, 5.74) is 1.89. The summed E-state index contributed by atoms with van der Waals surface area (Å²) >= 11 is 5.65. The highest BCUT2D eigenvalue weighted by Gasteiger charge is 2.06. The van der Waals surface area contributed by atoms with Crippen molar-refractivity contribution < 1.29 is 0 Å². The zero-order valence-electron chi connectivity index (χ0n) is 6.48. The molecule has 0 aliphatic rings. The number of aryl methyl sites for hydroxylation is 1. The van der Waals surface area contributed by atoms with Crippen LogP contribution in [0.3, 0.4) is 0 Å². The fraction of sp³-hybridized carbons (Fsp3) is 0.286. The van der Waals surface area contributed by atoms with Crippen LogP contribution in [-0.4, -0.2) is 15.0 Å². The molecule has 0 aliphatic carbocycles. The number of aromatic nitrogens is 3. The molecule has 0 aliphatic heterocycles. The molecular weight excluding hydrogens is 190 g/mol. The SMILES string of the molecule is CCc1ncnc2sc(S)nc12. The minimum atomic E-state index is 0.750. The van der Waals surface area contributed by atoms with Gasteiger partial charge in [-0.3, -0.25) is 0 Å². The largest absolute Gasteiger partial charge is 0.239 e. The van der Waals surface area contributed by atoms with Crippen molar-refractivity contribution in [2.24, 2.45) is 0 Å². The zero-order valence-corrected chi connectivity index (χ0v) is 8.19. The lowest BCUT2D eigenvalue weighted by atomic mass is 10.3. The quantitative estimate of drug-likeness (QED) is 0.710. The summed E-state index contributed by atoms with van der Waals surface area (Å²) in [5, 5.41) is 0. The van der Waals surface area contributed by atoms with Gasteiger partial charge in [-0.05, 0) is 6.42 Å². The van der Waals surface area contributed by atoms with Gasteiger partial charge in [0.25, 0.3) is 0 Å². The molecule has 2 rings (SSSR count). The molecule has 0 N–H and O–H groups in total. The van der Waals surface area contributed by atoms with Crippen LogP contribution in [-0.2, 0) is 6.42 Å². The van der Waals surface area contributed by atoms with Gasteiger partial charge in [-0.25, -0.2) is 15.0 Å². The Balaban J connectivity index is 2.78. The molecule has 2 heterocycles. The molecule has 5 heteroatoms.